The highest BCUT2D eigenvalue weighted by molar-refractivity contribution is 6.46. The van der Waals surface area contributed by atoms with E-state index in [2.05, 4.69) is 5.32 Å². The fourth-order valence-corrected chi connectivity index (χ4v) is 2.84. The molecule has 2 aromatic rings. The number of amides is 2. The quantitative estimate of drug-likeness (QED) is 0.641. The topological polar surface area (TPSA) is 75.7 Å². The van der Waals surface area contributed by atoms with Gasteiger partial charge in [-0.1, -0.05) is 45.0 Å². The Morgan fingerprint density at radius 3 is 2.36 bits per heavy atom. The van der Waals surface area contributed by atoms with Crippen LogP contribution in [0.2, 0.25) is 0 Å². The van der Waals surface area contributed by atoms with Crippen LogP contribution in [0.3, 0.4) is 0 Å². The lowest BCUT2D eigenvalue weighted by molar-refractivity contribution is -0.112. The van der Waals surface area contributed by atoms with E-state index in [1.165, 1.54) is 17.0 Å². The van der Waals surface area contributed by atoms with Crippen molar-refractivity contribution < 1.29 is 23.5 Å². The van der Waals surface area contributed by atoms with E-state index in [0.717, 1.165) is 11.6 Å². The fraction of sp³-hybridized carbons (Fsp3) is 0.286. The maximum absolute atomic E-state index is 14.1. The summed E-state index contributed by atoms with van der Waals surface area (Å²) in [5, 5.41) is 2.29. The van der Waals surface area contributed by atoms with Crippen LogP contribution in [-0.2, 0) is 14.9 Å². The monoisotopic (exact) mass is 384 g/mol. The molecule has 7 heteroatoms. The minimum atomic E-state index is -0.955. The van der Waals surface area contributed by atoms with Crippen molar-refractivity contribution in [2.24, 2.45) is 0 Å². The fourth-order valence-electron chi connectivity index (χ4n) is 2.84. The first-order chi connectivity index (χ1) is 13.2. The number of halogens is 1. The van der Waals surface area contributed by atoms with Gasteiger partial charge in [-0.3, -0.25) is 14.5 Å². The first kappa shape index (κ1) is 19.5. The molecule has 0 spiro atoms. The minimum absolute atomic E-state index is 0.0792. The van der Waals surface area contributed by atoms with E-state index in [-0.39, 0.29) is 23.3 Å². The van der Waals surface area contributed by atoms with Crippen LogP contribution >= 0.6 is 0 Å². The van der Waals surface area contributed by atoms with Gasteiger partial charge < -0.3 is 10.1 Å². The molecule has 28 heavy (non-hydrogen) atoms. The molecule has 3 rings (SSSR count). The number of ether oxygens (including phenoxy) is 1. The molecule has 146 valence electrons. The summed E-state index contributed by atoms with van der Waals surface area (Å²) in [6.07, 6.45) is -0.543. The van der Waals surface area contributed by atoms with Crippen LogP contribution in [0.25, 0.3) is 0 Å². The number of hydrogen-bond acceptors (Lipinski definition) is 4. The number of Topliss-reactive ketones (excluding diaryl/α,β-unsaturated/α-hetero) is 1. The first-order valence-electron chi connectivity index (χ1n) is 8.87. The number of anilines is 2. The van der Waals surface area contributed by atoms with Gasteiger partial charge in [-0.2, -0.15) is 0 Å². The Morgan fingerprint density at radius 2 is 1.79 bits per heavy atom. The van der Waals surface area contributed by atoms with E-state index >= 15 is 0 Å². The largest absolute Gasteiger partial charge is 0.447 e. The summed E-state index contributed by atoms with van der Waals surface area (Å²) in [5.41, 5.74) is 1.36. The average molecular weight is 384 g/mol. The summed E-state index contributed by atoms with van der Waals surface area (Å²) in [6.45, 7) is 6.70. The van der Waals surface area contributed by atoms with Gasteiger partial charge in [-0.05, 0) is 29.2 Å². The Bertz CT molecular complexity index is 932. The lowest BCUT2D eigenvalue weighted by Gasteiger charge is -2.19. The molecule has 1 N–H and O–H groups in total. The third-order valence-corrected chi connectivity index (χ3v) is 4.49. The molecule has 0 bridgehead atoms. The summed E-state index contributed by atoms with van der Waals surface area (Å²) in [7, 11) is 0. The zero-order chi connectivity index (χ0) is 20.5. The molecule has 1 aliphatic rings. The van der Waals surface area contributed by atoms with Crippen molar-refractivity contribution in [3.8, 4) is 0 Å². The molecule has 0 aromatic heterocycles. The summed E-state index contributed by atoms with van der Waals surface area (Å²) < 4.78 is 19.0. The normalized spacial score (nSPS) is 14.0. The molecule has 1 aliphatic heterocycles. The number of carbonyl (C=O) groups is 3. The van der Waals surface area contributed by atoms with Crippen LogP contribution < -0.4 is 10.2 Å². The van der Waals surface area contributed by atoms with Gasteiger partial charge in [0.1, 0.15) is 12.4 Å². The number of benzene rings is 2. The Hall–Kier alpha value is -3.22. The number of hydrogen-bond donors (Lipinski definition) is 1. The van der Waals surface area contributed by atoms with Gasteiger partial charge in [-0.25, -0.2) is 9.18 Å². The second-order valence-electron chi connectivity index (χ2n) is 7.54. The molecule has 6 nitrogen and oxygen atoms in total. The molecule has 1 heterocycles. The van der Waals surface area contributed by atoms with Crippen LogP contribution in [0.1, 0.15) is 36.7 Å². The molecule has 0 atom stereocenters. The summed E-state index contributed by atoms with van der Waals surface area (Å²) >= 11 is 0. The van der Waals surface area contributed by atoms with Crippen LogP contribution in [0.15, 0.2) is 42.5 Å². The average Bonchev–Trinajstić information content (AvgIpc) is 3.08. The second kappa shape index (κ2) is 7.42. The maximum atomic E-state index is 14.1. The molecule has 1 saturated heterocycles. The Morgan fingerprint density at radius 1 is 1.11 bits per heavy atom. The van der Waals surface area contributed by atoms with Crippen molar-refractivity contribution in [1.29, 1.82) is 0 Å². The number of nitrogens with zero attached hydrogens (tertiary/aromatic N) is 1. The number of carbonyl (C=O) groups excluding carboxylic acids is 3. The zero-order valence-electron chi connectivity index (χ0n) is 15.9. The molecular weight excluding hydrogens is 363 g/mol. The number of rotatable bonds is 4. The maximum Gasteiger partial charge on any atom is 0.414 e. The predicted octanol–water partition coefficient (Wildman–Crippen LogP) is 3.90. The summed E-state index contributed by atoms with van der Waals surface area (Å²) in [4.78, 5) is 37.7. The number of cyclic esters (lactones) is 1. The van der Waals surface area contributed by atoms with Crippen molar-refractivity contribution in [2.75, 3.05) is 23.4 Å². The van der Waals surface area contributed by atoms with Gasteiger partial charge in [0.25, 0.3) is 11.7 Å². The SMILES string of the molecule is CC(C)(C)c1ccc(C(=O)C(=O)Nc2cc(N3CCOC3=O)ccc2F)cc1. The predicted molar refractivity (Wildman–Crippen MR) is 103 cm³/mol. The molecule has 0 radical (unpaired) electrons. The van der Waals surface area contributed by atoms with Gasteiger partial charge in [0.05, 0.1) is 12.2 Å². The molecule has 0 aliphatic carbocycles. The van der Waals surface area contributed by atoms with Gasteiger partial charge in [0, 0.05) is 11.3 Å². The van der Waals surface area contributed by atoms with Crippen molar-refractivity contribution in [2.45, 2.75) is 26.2 Å². The molecule has 0 unspecified atom stereocenters. The summed E-state index contributed by atoms with van der Waals surface area (Å²) in [6, 6.07) is 10.6. The van der Waals surface area contributed by atoms with E-state index in [4.69, 9.17) is 4.74 Å². The second-order valence-corrected chi connectivity index (χ2v) is 7.54. The molecular formula is C21H21FN2O4. The first-order valence-corrected chi connectivity index (χ1v) is 8.87. The Kier molecular flexibility index (Phi) is 5.18. The third kappa shape index (κ3) is 4.03. The Balaban J connectivity index is 1.77. The smallest absolute Gasteiger partial charge is 0.414 e. The van der Waals surface area contributed by atoms with Crippen molar-refractivity contribution in [1.82, 2.24) is 0 Å². The lowest BCUT2D eigenvalue weighted by Crippen LogP contribution is -2.25. The van der Waals surface area contributed by atoms with E-state index < -0.39 is 23.6 Å². The van der Waals surface area contributed by atoms with E-state index in [1.807, 2.05) is 20.8 Å². The molecule has 1 fully saturated rings. The molecule has 2 aromatic carbocycles. The van der Waals surface area contributed by atoms with E-state index in [9.17, 15) is 18.8 Å². The van der Waals surface area contributed by atoms with Crippen LogP contribution in [-0.4, -0.2) is 30.9 Å². The number of ketones is 1. The minimum Gasteiger partial charge on any atom is -0.447 e. The van der Waals surface area contributed by atoms with Crippen LogP contribution in [0.5, 0.6) is 0 Å². The van der Waals surface area contributed by atoms with E-state index in [1.54, 1.807) is 24.3 Å². The molecule has 2 amide bonds. The highest BCUT2D eigenvalue weighted by atomic mass is 19.1. The summed E-state index contributed by atoms with van der Waals surface area (Å²) in [5.74, 6) is -2.44. The van der Waals surface area contributed by atoms with Gasteiger partial charge in [0.2, 0.25) is 0 Å². The highest BCUT2D eigenvalue weighted by Crippen LogP contribution is 2.26. The van der Waals surface area contributed by atoms with Crippen molar-refractivity contribution in [3.05, 3.63) is 59.4 Å². The van der Waals surface area contributed by atoms with Gasteiger partial charge in [0.15, 0.2) is 0 Å². The van der Waals surface area contributed by atoms with E-state index in [0.29, 0.717) is 12.2 Å². The van der Waals surface area contributed by atoms with Crippen LogP contribution in [0.4, 0.5) is 20.6 Å². The standard InChI is InChI=1S/C21H21FN2O4/c1-21(2,3)14-6-4-13(5-7-14)18(25)19(26)23-17-12-15(8-9-16(17)22)24-10-11-28-20(24)27/h4-9,12H,10-11H2,1-3H3,(H,23,26). The highest BCUT2D eigenvalue weighted by Gasteiger charge is 2.25. The molecule has 0 saturated carbocycles. The number of nitrogens with one attached hydrogen (secondary N) is 1. The van der Waals surface area contributed by atoms with Crippen molar-refractivity contribution in [3.63, 3.8) is 0 Å². The zero-order valence-corrected chi connectivity index (χ0v) is 15.9. The van der Waals surface area contributed by atoms with Gasteiger partial charge in [-0.15, -0.1) is 0 Å². The van der Waals surface area contributed by atoms with Crippen LogP contribution in [0, 0.1) is 5.82 Å². The lowest BCUT2D eigenvalue weighted by atomic mass is 9.86. The van der Waals surface area contributed by atoms with Gasteiger partial charge >= 0.3 is 6.09 Å². The van der Waals surface area contributed by atoms with Crippen molar-refractivity contribution >= 4 is 29.2 Å². The Labute approximate surface area is 162 Å². The third-order valence-electron chi connectivity index (χ3n) is 4.49.